The molecule has 0 N–H and O–H groups in total. The summed E-state index contributed by atoms with van der Waals surface area (Å²) in [7, 11) is 0. The van der Waals surface area contributed by atoms with E-state index in [2.05, 4.69) is 93.7 Å². The fourth-order valence-electron chi connectivity index (χ4n) is 7.61. The van der Waals surface area contributed by atoms with E-state index in [-0.39, 0.29) is 25.2 Å². The van der Waals surface area contributed by atoms with Crippen LogP contribution in [0.5, 0.6) is 0 Å². The summed E-state index contributed by atoms with van der Waals surface area (Å²) in [6.45, 7) is 7.68. The van der Waals surface area contributed by atoms with Gasteiger partial charge in [-0.15, -0.1) is 0 Å². The van der Waals surface area contributed by atoms with Gasteiger partial charge in [0.2, 0.25) is 0 Å². The fraction of sp³-hybridized carbons (Fsp3) is 0.763. The number of esters is 2. The summed E-state index contributed by atoms with van der Waals surface area (Å²) in [6.07, 6.45) is 70.5. The average molecular weight is 893 g/mol. The van der Waals surface area contributed by atoms with Crippen LogP contribution in [0.1, 0.15) is 265 Å². The smallest absolute Gasteiger partial charge is 0.306 e. The molecule has 0 aromatic carbocycles. The summed E-state index contributed by atoms with van der Waals surface area (Å²) in [4.78, 5) is 25.5. The van der Waals surface area contributed by atoms with Gasteiger partial charge >= 0.3 is 11.9 Å². The van der Waals surface area contributed by atoms with E-state index in [1.165, 1.54) is 141 Å². The van der Waals surface area contributed by atoms with Crippen LogP contribution in [0.3, 0.4) is 0 Å². The quantitative estimate of drug-likeness (QED) is 0.0346. The molecule has 0 aromatic heterocycles. The first-order valence-electron chi connectivity index (χ1n) is 27.5. The first kappa shape index (κ1) is 61.3. The van der Waals surface area contributed by atoms with Crippen molar-refractivity contribution in [1.29, 1.82) is 0 Å². The predicted octanol–water partition coefficient (Wildman–Crippen LogP) is 18.7. The van der Waals surface area contributed by atoms with E-state index in [1.54, 1.807) is 0 Å². The van der Waals surface area contributed by atoms with Crippen LogP contribution in [-0.4, -0.2) is 37.9 Å². The summed E-state index contributed by atoms with van der Waals surface area (Å²) in [5.41, 5.74) is 0. The van der Waals surface area contributed by atoms with Crippen LogP contribution in [0.4, 0.5) is 0 Å². The molecule has 1 unspecified atom stereocenters. The summed E-state index contributed by atoms with van der Waals surface area (Å²) in [5.74, 6) is -0.427. The molecule has 0 fully saturated rings. The lowest BCUT2D eigenvalue weighted by molar-refractivity contribution is -0.163. The first-order valence-corrected chi connectivity index (χ1v) is 27.5. The average Bonchev–Trinajstić information content (AvgIpc) is 3.30. The first-order chi connectivity index (χ1) is 31.6. The van der Waals surface area contributed by atoms with Crippen LogP contribution in [0.25, 0.3) is 0 Å². The minimum Gasteiger partial charge on any atom is -0.462 e. The second kappa shape index (κ2) is 54.7. The number of carbonyl (C=O) groups excluding carboxylic acids is 2. The Kier molecular flexibility index (Phi) is 52.4. The zero-order valence-corrected chi connectivity index (χ0v) is 42.5. The van der Waals surface area contributed by atoms with Gasteiger partial charge in [0.25, 0.3) is 0 Å². The van der Waals surface area contributed by atoms with Crippen LogP contribution >= 0.6 is 0 Å². The van der Waals surface area contributed by atoms with Gasteiger partial charge < -0.3 is 14.2 Å². The van der Waals surface area contributed by atoms with E-state index in [4.69, 9.17) is 14.2 Å². The van der Waals surface area contributed by atoms with Gasteiger partial charge in [0.15, 0.2) is 6.10 Å². The Labute approximate surface area is 397 Å². The highest BCUT2D eigenvalue weighted by Gasteiger charge is 2.17. The van der Waals surface area contributed by atoms with Crippen LogP contribution in [-0.2, 0) is 23.8 Å². The van der Waals surface area contributed by atoms with Crippen LogP contribution < -0.4 is 0 Å². The molecule has 0 radical (unpaired) electrons. The fourth-order valence-corrected chi connectivity index (χ4v) is 7.61. The lowest BCUT2D eigenvalue weighted by atomic mass is 10.1. The van der Waals surface area contributed by atoms with Crippen molar-refractivity contribution < 1.29 is 23.8 Å². The Hall–Kier alpha value is -2.66. The minimum absolute atomic E-state index is 0.0673. The molecule has 0 aromatic rings. The van der Waals surface area contributed by atoms with Crippen LogP contribution in [0.2, 0.25) is 0 Å². The van der Waals surface area contributed by atoms with E-state index in [0.717, 1.165) is 89.9 Å². The highest BCUT2D eigenvalue weighted by molar-refractivity contribution is 5.70. The number of allylic oxidation sites excluding steroid dienone is 12. The van der Waals surface area contributed by atoms with E-state index in [9.17, 15) is 9.59 Å². The molecule has 0 heterocycles. The third-order valence-electron chi connectivity index (χ3n) is 11.7. The number of ether oxygens (including phenoxy) is 3. The van der Waals surface area contributed by atoms with E-state index in [1.807, 2.05) is 0 Å². The van der Waals surface area contributed by atoms with Gasteiger partial charge in [-0.1, -0.05) is 216 Å². The molecule has 0 bridgehead atoms. The Balaban J connectivity index is 4.32. The molecule has 5 heteroatoms. The molecule has 0 aliphatic rings. The molecule has 0 saturated heterocycles. The maximum atomic E-state index is 12.8. The second-order valence-corrected chi connectivity index (χ2v) is 18.1. The third kappa shape index (κ3) is 52.0. The Morgan fingerprint density at radius 3 is 1.16 bits per heavy atom. The Bertz CT molecular complexity index is 1150. The van der Waals surface area contributed by atoms with Crippen molar-refractivity contribution in [2.24, 2.45) is 0 Å². The second-order valence-electron chi connectivity index (χ2n) is 18.1. The lowest BCUT2D eigenvalue weighted by Crippen LogP contribution is -2.30. The van der Waals surface area contributed by atoms with Gasteiger partial charge in [0, 0.05) is 19.4 Å². The maximum absolute atomic E-state index is 12.8. The molecule has 370 valence electrons. The summed E-state index contributed by atoms with van der Waals surface area (Å²) in [5, 5.41) is 0. The van der Waals surface area contributed by atoms with Gasteiger partial charge in [-0.3, -0.25) is 9.59 Å². The molecule has 0 amide bonds. The molecule has 64 heavy (non-hydrogen) atoms. The van der Waals surface area contributed by atoms with Crippen molar-refractivity contribution in [2.45, 2.75) is 271 Å². The number of rotatable bonds is 50. The van der Waals surface area contributed by atoms with Gasteiger partial charge in [-0.05, 0) is 109 Å². The van der Waals surface area contributed by atoms with Gasteiger partial charge in [-0.2, -0.15) is 0 Å². The highest BCUT2D eigenvalue weighted by atomic mass is 16.6. The number of carbonyl (C=O) groups is 2. The summed E-state index contributed by atoms with van der Waals surface area (Å²) < 4.78 is 17.4. The van der Waals surface area contributed by atoms with E-state index < -0.39 is 6.10 Å². The zero-order valence-electron chi connectivity index (χ0n) is 42.5. The molecular weight excluding hydrogens is 789 g/mol. The van der Waals surface area contributed by atoms with Crippen LogP contribution in [0, 0.1) is 0 Å². The van der Waals surface area contributed by atoms with Crippen molar-refractivity contribution >= 4 is 11.9 Å². The number of hydrogen-bond acceptors (Lipinski definition) is 5. The monoisotopic (exact) mass is 893 g/mol. The Morgan fingerprint density at radius 2 is 0.703 bits per heavy atom. The predicted molar refractivity (Wildman–Crippen MR) is 279 cm³/mol. The number of unbranched alkanes of at least 4 members (excludes halogenated alkanes) is 27. The van der Waals surface area contributed by atoms with Gasteiger partial charge in [-0.25, -0.2) is 0 Å². The minimum atomic E-state index is -0.554. The molecular formula is C59H104O5. The third-order valence-corrected chi connectivity index (χ3v) is 11.7. The highest BCUT2D eigenvalue weighted by Crippen LogP contribution is 2.14. The molecule has 0 rings (SSSR count). The van der Waals surface area contributed by atoms with Gasteiger partial charge in [0.1, 0.15) is 6.61 Å². The van der Waals surface area contributed by atoms with Crippen molar-refractivity contribution in [3.05, 3.63) is 72.9 Å². The standard InChI is InChI=1S/C59H104O5/c1-4-7-10-13-16-19-22-25-28-30-32-34-37-40-43-46-49-52-58(60)63-56-57(55-62-54-51-48-45-42-39-36-27-24-21-18-15-12-9-6-3)64-59(61)53-50-47-44-41-38-35-33-31-29-26-23-20-17-14-11-8-5-2/h7,10,16,19,21,24-26,28-29,32,34,57H,4-6,8-9,11-15,17-18,20,22-23,27,30-31,33,35-56H2,1-3H3/b10-7-,19-16-,24-21-,28-25-,29-26-,34-32-. The molecule has 0 saturated carbocycles. The van der Waals surface area contributed by atoms with Crippen molar-refractivity contribution in [1.82, 2.24) is 0 Å². The molecule has 0 aliphatic carbocycles. The van der Waals surface area contributed by atoms with E-state index in [0.29, 0.717) is 19.4 Å². The van der Waals surface area contributed by atoms with Gasteiger partial charge in [0.05, 0.1) is 6.61 Å². The molecule has 0 spiro atoms. The lowest BCUT2D eigenvalue weighted by Gasteiger charge is -2.18. The Morgan fingerprint density at radius 1 is 0.359 bits per heavy atom. The van der Waals surface area contributed by atoms with E-state index >= 15 is 0 Å². The molecule has 1 atom stereocenters. The zero-order chi connectivity index (χ0) is 46.3. The topological polar surface area (TPSA) is 61.8 Å². The number of hydrogen-bond donors (Lipinski definition) is 0. The summed E-state index contributed by atoms with van der Waals surface area (Å²) >= 11 is 0. The summed E-state index contributed by atoms with van der Waals surface area (Å²) in [6, 6.07) is 0. The molecule has 0 aliphatic heterocycles. The van der Waals surface area contributed by atoms with Crippen molar-refractivity contribution in [3.63, 3.8) is 0 Å². The van der Waals surface area contributed by atoms with Crippen molar-refractivity contribution in [2.75, 3.05) is 19.8 Å². The maximum Gasteiger partial charge on any atom is 0.306 e. The molecule has 5 nitrogen and oxygen atoms in total. The van der Waals surface area contributed by atoms with Crippen molar-refractivity contribution in [3.8, 4) is 0 Å². The normalized spacial score (nSPS) is 12.7. The van der Waals surface area contributed by atoms with Crippen LogP contribution in [0.15, 0.2) is 72.9 Å². The SMILES string of the molecule is CC/C=C\C/C=C\C/C=C\C/C=C\CCCCCCC(=O)OCC(COCCCCCCCC/C=C\CCCCCC)OC(=O)CCCCCCCCC/C=C\CCCCCCCC. The largest absolute Gasteiger partial charge is 0.462 e.